The van der Waals surface area contributed by atoms with Crippen LogP contribution in [0, 0.1) is 12.8 Å². The monoisotopic (exact) mass is 484 g/mol. The molecule has 2 aliphatic heterocycles. The standard InChI is InChI=1S/C23H24N4O6S/c1-15-2-5-18(6-3-15)34(29,30)27-10-8-17(9-11-27)22(28)24-23-26-25-21(33-23)13-16-4-7-19-20(12-16)32-14-31-19/h2-7,12,17H,8-11,13-14H2,1H3,(H,24,26,28). The number of hydrogen-bond acceptors (Lipinski definition) is 8. The van der Waals surface area contributed by atoms with E-state index in [1.165, 1.54) is 4.31 Å². The SMILES string of the molecule is Cc1ccc(S(=O)(=O)N2CCC(C(=O)Nc3nnc(Cc4ccc5c(c4)OCO5)o3)CC2)cc1. The molecule has 0 atom stereocenters. The summed E-state index contributed by atoms with van der Waals surface area (Å²) in [6.07, 6.45) is 1.21. The minimum atomic E-state index is -3.57. The van der Waals surface area contributed by atoms with E-state index in [-0.39, 0.29) is 42.6 Å². The summed E-state index contributed by atoms with van der Waals surface area (Å²) >= 11 is 0. The third kappa shape index (κ3) is 4.62. The molecule has 1 saturated heterocycles. The Morgan fingerprint density at radius 2 is 1.79 bits per heavy atom. The summed E-state index contributed by atoms with van der Waals surface area (Å²) in [5.74, 6) is 1.12. The van der Waals surface area contributed by atoms with E-state index in [2.05, 4.69) is 15.5 Å². The van der Waals surface area contributed by atoms with Crippen molar-refractivity contribution < 1.29 is 27.1 Å². The van der Waals surface area contributed by atoms with Crippen molar-refractivity contribution in [1.29, 1.82) is 0 Å². The number of carbonyl (C=O) groups excluding carboxylic acids is 1. The molecule has 11 heteroatoms. The largest absolute Gasteiger partial charge is 0.454 e. The van der Waals surface area contributed by atoms with Gasteiger partial charge < -0.3 is 13.9 Å². The topological polar surface area (TPSA) is 124 Å². The number of sulfonamides is 1. The minimum Gasteiger partial charge on any atom is -0.454 e. The molecular formula is C23H24N4O6S. The summed E-state index contributed by atoms with van der Waals surface area (Å²) in [6.45, 7) is 2.65. The number of nitrogens with one attached hydrogen (secondary N) is 1. The molecule has 0 aliphatic carbocycles. The lowest BCUT2D eigenvalue weighted by Gasteiger charge is -2.30. The van der Waals surface area contributed by atoms with Crippen molar-refractivity contribution >= 4 is 21.9 Å². The maximum absolute atomic E-state index is 12.9. The lowest BCUT2D eigenvalue weighted by molar-refractivity contribution is -0.121. The van der Waals surface area contributed by atoms with Crippen LogP contribution in [0.15, 0.2) is 51.8 Å². The van der Waals surface area contributed by atoms with Crippen LogP contribution >= 0.6 is 0 Å². The van der Waals surface area contributed by atoms with Crippen LogP contribution in [0.3, 0.4) is 0 Å². The highest BCUT2D eigenvalue weighted by Gasteiger charge is 2.32. The van der Waals surface area contributed by atoms with E-state index < -0.39 is 10.0 Å². The second kappa shape index (κ2) is 9.07. The normalized spacial score (nSPS) is 16.5. The van der Waals surface area contributed by atoms with E-state index in [1.807, 2.05) is 25.1 Å². The van der Waals surface area contributed by atoms with Gasteiger partial charge in [-0.25, -0.2) is 8.42 Å². The van der Waals surface area contributed by atoms with Gasteiger partial charge in [0.2, 0.25) is 28.6 Å². The Balaban J connectivity index is 1.15. The highest BCUT2D eigenvalue weighted by atomic mass is 32.2. The maximum Gasteiger partial charge on any atom is 0.322 e. The molecule has 3 heterocycles. The molecule has 0 spiro atoms. The van der Waals surface area contributed by atoms with E-state index in [1.54, 1.807) is 24.3 Å². The van der Waals surface area contributed by atoms with Crippen LogP contribution in [-0.4, -0.2) is 48.7 Å². The van der Waals surface area contributed by atoms with Gasteiger partial charge in [0.05, 0.1) is 11.3 Å². The predicted octanol–water partition coefficient (Wildman–Crippen LogP) is 2.74. The van der Waals surface area contributed by atoms with Crippen molar-refractivity contribution in [2.75, 3.05) is 25.2 Å². The number of aromatic nitrogens is 2. The Morgan fingerprint density at radius 1 is 1.06 bits per heavy atom. The zero-order chi connectivity index (χ0) is 23.7. The number of fused-ring (bicyclic) bond motifs is 1. The highest BCUT2D eigenvalue weighted by molar-refractivity contribution is 7.89. The molecule has 1 N–H and O–H groups in total. The fourth-order valence-corrected chi connectivity index (χ4v) is 5.50. The lowest BCUT2D eigenvalue weighted by atomic mass is 9.97. The van der Waals surface area contributed by atoms with Crippen LogP contribution in [0.25, 0.3) is 0 Å². The molecule has 0 unspecified atom stereocenters. The summed E-state index contributed by atoms with van der Waals surface area (Å²) in [6, 6.07) is 12.4. The molecule has 5 rings (SSSR count). The van der Waals surface area contributed by atoms with Gasteiger partial charge in [-0.1, -0.05) is 28.9 Å². The molecule has 1 fully saturated rings. The number of nitrogens with zero attached hydrogens (tertiary/aromatic N) is 3. The molecule has 2 aliphatic rings. The van der Waals surface area contributed by atoms with Crippen molar-refractivity contribution in [2.45, 2.75) is 31.1 Å². The summed E-state index contributed by atoms with van der Waals surface area (Å²) in [7, 11) is -3.57. The Bertz CT molecular complexity index is 1300. The Labute approximate surface area is 196 Å². The first-order valence-electron chi connectivity index (χ1n) is 11.0. The van der Waals surface area contributed by atoms with E-state index >= 15 is 0 Å². The molecular weight excluding hydrogens is 460 g/mol. The zero-order valence-corrected chi connectivity index (χ0v) is 19.4. The van der Waals surface area contributed by atoms with Gasteiger partial charge in [-0.05, 0) is 49.6 Å². The van der Waals surface area contributed by atoms with Crippen LogP contribution in [0.4, 0.5) is 6.01 Å². The highest BCUT2D eigenvalue weighted by Crippen LogP contribution is 2.33. The number of ether oxygens (including phenoxy) is 2. The van der Waals surface area contributed by atoms with Crippen LogP contribution in [0.5, 0.6) is 11.5 Å². The number of anilines is 1. The maximum atomic E-state index is 12.9. The number of rotatable bonds is 6. The number of benzene rings is 2. The fraction of sp³-hybridized carbons (Fsp3) is 0.348. The van der Waals surface area contributed by atoms with E-state index in [4.69, 9.17) is 13.9 Å². The van der Waals surface area contributed by atoms with Crippen molar-refractivity contribution in [2.24, 2.45) is 5.92 Å². The molecule has 3 aromatic rings. The van der Waals surface area contributed by atoms with Crippen molar-refractivity contribution in [3.8, 4) is 11.5 Å². The van der Waals surface area contributed by atoms with Gasteiger partial charge in [0.1, 0.15) is 0 Å². The first-order valence-corrected chi connectivity index (χ1v) is 12.4. The van der Waals surface area contributed by atoms with Crippen LogP contribution < -0.4 is 14.8 Å². The van der Waals surface area contributed by atoms with Crippen molar-refractivity contribution in [3.63, 3.8) is 0 Å². The van der Waals surface area contributed by atoms with Gasteiger partial charge >= 0.3 is 6.01 Å². The van der Waals surface area contributed by atoms with Gasteiger partial charge in [0.15, 0.2) is 11.5 Å². The average molecular weight is 485 g/mol. The Morgan fingerprint density at radius 3 is 2.56 bits per heavy atom. The van der Waals surface area contributed by atoms with Crippen molar-refractivity contribution in [1.82, 2.24) is 14.5 Å². The summed E-state index contributed by atoms with van der Waals surface area (Å²) in [4.78, 5) is 13.0. The molecule has 1 aromatic heterocycles. The number of piperidine rings is 1. The minimum absolute atomic E-state index is 0.0236. The molecule has 1 amide bonds. The molecule has 0 saturated carbocycles. The number of hydrogen-bond donors (Lipinski definition) is 1. The quantitative estimate of drug-likeness (QED) is 0.566. The number of carbonyl (C=O) groups is 1. The van der Waals surface area contributed by atoms with Crippen LogP contribution in [0.2, 0.25) is 0 Å². The Hall–Kier alpha value is -3.44. The smallest absolute Gasteiger partial charge is 0.322 e. The second-order valence-corrected chi connectivity index (χ2v) is 10.3. The van der Waals surface area contributed by atoms with Gasteiger partial charge in [-0.15, -0.1) is 5.10 Å². The lowest BCUT2D eigenvalue weighted by Crippen LogP contribution is -2.41. The Kier molecular flexibility index (Phi) is 5.96. The predicted molar refractivity (Wildman–Crippen MR) is 121 cm³/mol. The van der Waals surface area contributed by atoms with Gasteiger partial charge in [-0.3, -0.25) is 10.1 Å². The van der Waals surface area contributed by atoms with E-state index in [0.717, 1.165) is 11.1 Å². The first-order chi connectivity index (χ1) is 16.4. The van der Waals surface area contributed by atoms with Crippen LogP contribution in [0.1, 0.15) is 29.9 Å². The number of amides is 1. The van der Waals surface area contributed by atoms with Crippen molar-refractivity contribution in [3.05, 3.63) is 59.5 Å². The van der Waals surface area contributed by atoms with Gasteiger partial charge in [0.25, 0.3) is 0 Å². The molecule has 0 radical (unpaired) electrons. The fourth-order valence-electron chi connectivity index (χ4n) is 4.03. The summed E-state index contributed by atoms with van der Waals surface area (Å²) in [5.41, 5.74) is 1.90. The first kappa shape index (κ1) is 22.4. The molecule has 10 nitrogen and oxygen atoms in total. The van der Waals surface area contributed by atoms with E-state index in [0.29, 0.717) is 36.7 Å². The average Bonchev–Trinajstić information content (AvgIpc) is 3.48. The zero-order valence-electron chi connectivity index (χ0n) is 18.6. The van der Waals surface area contributed by atoms with E-state index in [9.17, 15) is 13.2 Å². The third-order valence-corrected chi connectivity index (χ3v) is 7.89. The van der Waals surface area contributed by atoms with Gasteiger partial charge in [0, 0.05) is 19.0 Å². The summed E-state index contributed by atoms with van der Waals surface area (Å²) < 4.78 is 43.4. The molecule has 0 bridgehead atoms. The number of aryl methyl sites for hydroxylation is 1. The van der Waals surface area contributed by atoms with Crippen LogP contribution in [-0.2, 0) is 21.2 Å². The molecule has 34 heavy (non-hydrogen) atoms. The van der Waals surface area contributed by atoms with Gasteiger partial charge in [-0.2, -0.15) is 4.31 Å². The summed E-state index contributed by atoms with van der Waals surface area (Å²) in [5, 5.41) is 10.6. The molecule has 2 aromatic carbocycles. The third-order valence-electron chi connectivity index (χ3n) is 5.97. The second-order valence-electron chi connectivity index (χ2n) is 8.35. The molecule has 178 valence electrons.